The summed E-state index contributed by atoms with van der Waals surface area (Å²) in [4.78, 5) is 22.4. The molecule has 0 bridgehead atoms. The maximum absolute atomic E-state index is 12.1. The number of non-ortho nitro benzene ring substituents is 1. The molecule has 0 saturated carbocycles. The van der Waals surface area contributed by atoms with Crippen LogP contribution in [0.2, 0.25) is 0 Å². The molecule has 1 heterocycles. The summed E-state index contributed by atoms with van der Waals surface area (Å²) in [5.41, 5.74) is 0.818. The Hall–Kier alpha value is -3.60. The maximum Gasteiger partial charge on any atom is 0.277 e. The molecular weight excluding hydrogens is 400 g/mol. The Bertz CT molecular complexity index is 1040. The van der Waals surface area contributed by atoms with Gasteiger partial charge in [-0.15, -0.1) is 10.2 Å². The number of hydrogen-bond donors (Lipinski definition) is 1. The molecule has 0 radical (unpaired) electrons. The zero-order valence-electron chi connectivity index (χ0n) is 15.4. The quantitative estimate of drug-likeness (QED) is 0.333. The van der Waals surface area contributed by atoms with Crippen LogP contribution in [0.4, 0.5) is 11.4 Å². The van der Waals surface area contributed by atoms with Gasteiger partial charge in [-0.3, -0.25) is 14.9 Å². The van der Waals surface area contributed by atoms with E-state index in [1.807, 2.05) is 0 Å². The number of thioether (sulfide) groups is 1. The van der Waals surface area contributed by atoms with Crippen molar-refractivity contribution >= 4 is 29.0 Å². The molecule has 3 rings (SSSR count). The van der Waals surface area contributed by atoms with Crippen LogP contribution in [0.5, 0.6) is 11.5 Å². The molecule has 1 N–H and O–H groups in total. The molecule has 0 aliphatic heterocycles. The first-order valence-electron chi connectivity index (χ1n) is 8.23. The van der Waals surface area contributed by atoms with Crippen LogP contribution in [0.15, 0.2) is 52.1 Å². The second-order valence-electron chi connectivity index (χ2n) is 5.58. The Kier molecular flexibility index (Phi) is 6.29. The largest absolute Gasteiger partial charge is 0.497 e. The summed E-state index contributed by atoms with van der Waals surface area (Å²) in [6.07, 6.45) is 0. The van der Waals surface area contributed by atoms with Gasteiger partial charge < -0.3 is 19.2 Å². The standard InChI is InChI=1S/C18H16N4O6S/c1-26-13-6-7-14(15(9-13)27-2)17-20-21-18(28-17)29-10-16(23)19-11-4-3-5-12(8-11)22(24)25/h3-9H,10H2,1-2H3,(H,19,23). The van der Waals surface area contributed by atoms with Gasteiger partial charge in [-0.2, -0.15) is 0 Å². The number of carbonyl (C=O) groups excluding carboxylic acids is 1. The van der Waals surface area contributed by atoms with Gasteiger partial charge in [0.15, 0.2) is 0 Å². The first kappa shape index (κ1) is 20.1. The van der Waals surface area contributed by atoms with Crippen molar-refractivity contribution in [1.82, 2.24) is 10.2 Å². The maximum atomic E-state index is 12.1. The van der Waals surface area contributed by atoms with Crippen LogP contribution in [0.3, 0.4) is 0 Å². The van der Waals surface area contributed by atoms with E-state index in [-0.39, 0.29) is 28.5 Å². The van der Waals surface area contributed by atoms with E-state index in [4.69, 9.17) is 13.9 Å². The van der Waals surface area contributed by atoms with Gasteiger partial charge >= 0.3 is 0 Å². The first-order valence-corrected chi connectivity index (χ1v) is 9.21. The SMILES string of the molecule is COc1ccc(-c2nnc(SCC(=O)Nc3cccc([N+](=O)[O-])c3)o2)c(OC)c1. The highest BCUT2D eigenvalue weighted by Gasteiger charge is 2.16. The second-order valence-corrected chi connectivity index (χ2v) is 6.51. The van der Waals surface area contributed by atoms with Gasteiger partial charge in [-0.25, -0.2) is 0 Å². The summed E-state index contributed by atoms with van der Waals surface area (Å²) in [5, 5.41) is 21.5. The van der Waals surface area contributed by atoms with Gasteiger partial charge in [0.25, 0.3) is 16.8 Å². The van der Waals surface area contributed by atoms with Crippen molar-refractivity contribution in [3.63, 3.8) is 0 Å². The number of methoxy groups -OCH3 is 2. The lowest BCUT2D eigenvalue weighted by Crippen LogP contribution is -2.14. The molecule has 29 heavy (non-hydrogen) atoms. The number of aromatic nitrogens is 2. The lowest BCUT2D eigenvalue weighted by Gasteiger charge is -2.07. The van der Waals surface area contributed by atoms with Crippen molar-refractivity contribution in [2.24, 2.45) is 0 Å². The molecule has 0 spiro atoms. The van der Waals surface area contributed by atoms with E-state index in [2.05, 4.69) is 15.5 Å². The van der Waals surface area contributed by atoms with Crippen LogP contribution < -0.4 is 14.8 Å². The Labute approximate surface area is 169 Å². The number of benzene rings is 2. The molecule has 0 saturated heterocycles. The third-order valence-electron chi connectivity index (χ3n) is 3.71. The van der Waals surface area contributed by atoms with Gasteiger partial charge in [-0.05, 0) is 18.2 Å². The Morgan fingerprint density at radius 3 is 2.76 bits per heavy atom. The first-order chi connectivity index (χ1) is 14.0. The third-order valence-corrected chi connectivity index (χ3v) is 4.53. The molecule has 150 valence electrons. The fourth-order valence-electron chi connectivity index (χ4n) is 2.37. The second kappa shape index (κ2) is 9.06. The lowest BCUT2D eigenvalue weighted by molar-refractivity contribution is -0.384. The van der Waals surface area contributed by atoms with E-state index >= 15 is 0 Å². The summed E-state index contributed by atoms with van der Waals surface area (Å²) < 4.78 is 16.1. The minimum absolute atomic E-state index is 0.00985. The minimum Gasteiger partial charge on any atom is -0.497 e. The minimum atomic E-state index is -0.530. The van der Waals surface area contributed by atoms with E-state index in [1.54, 1.807) is 31.4 Å². The van der Waals surface area contributed by atoms with E-state index in [0.717, 1.165) is 11.8 Å². The molecule has 2 aromatic carbocycles. The molecule has 0 fully saturated rings. The number of rotatable bonds is 8. The fraction of sp³-hybridized carbons (Fsp3) is 0.167. The number of nitro benzene ring substituents is 1. The number of nitrogens with zero attached hydrogens (tertiary/aromatic N) is 3. The van der Waals surface area contributed by atoms with Gasteiger partial charge in [0.05, 0.1) is 30.5 Å². The summed E-state index contributed by atoms with van der Waals surface area (Å²) in [6, 6.07) is 10.8. The van der Waals surface area contributed by atoms with Gasteiger partial charge in [0.1, 0.15) is 11.5 Å². The van der Waals surface area contributed by atoms with Crippen molar-refractivity contribution in [1.29, 1.82) is 0 Å². The summed E-state index contributed by atoms with van der Waals surface area (Å²) in [6.45, 7) is 0. The molecule has 0 unspecified atom stereocenters. The zero-order chi connectivity index (χ0) is 20.8. The predicted octanol–water partition coefficient (Wildman–Crippen LogP) is 3.39. The highest BCUT2D eigenvalue weighted by atomic mass is 32.2. The van der Waals surface area contributed by atoms with E-state index in [9.17, 15) is 14.9 Å². The number of anilines is 1. The number of ether oxygens (including phenoxy) is 2. The van der Waals surface area contributed by atoms with E-state index < -0.39 is 4.92 Å². The van der Waals surface area contributed by atoms with Crippen LogP contribution in [0.1, 0.15) is 0 Å². The summed E-state index contributed by atoms with van der Waals surface area (Å²) >= 11 is 1.04. The van der Waals surface area contributed by atoms with Crippen LogP contribution in [0, 0.1) is 10.1 Å². The van der Waals surface area contributed by atoms with Crippen molar-refractivity contribution in [2.45, 2.75) is 5.22 Å². The number of nitrogens with one attached hydrogen (secondary N) is 1. The zero-order valence-corrected chi connectivity index (χ0v) is 16.3. The van der Waals surface area contributed by atoms with Crippen LogP contribution >= 0.6 is 11.8 Å². The molecule has 3 aromatic rings. The number of amides is 1. The van der Waals surface area contributed by atoms with Crippen LogP contribution in [-0.4, -0.2) is 41.0 Å². The van der Waals surface area contributed by atoms with Crippen molar-refractivity contribution < 1.29 is 23.6 Å². The van der Waals surface area contributed by atoms with Crippen LogP contribution in [-0.2, 0) is 4.79 Å². The molecular formula is C18H16N4O6S. The monoisotopic (exact) mass is 416 g/mol. The van der Waals surface area contributed by atoms with Crippen molar-refractivity contribution in [3.05, 3.63) is 52.6 Å². The molecule has 0 aliphatic carbocycles. The summed E-state index contributed by atoms with van der Waals surface area (Å²) in [5.74, 6) is 0.998. The van der Waals surface area contributed by atoms with E-state index in [1.165, 1.54) is 25.3 Å². The average Bonchev–Trinajstić information content (AvgIpc) is 3.20. The predicted molar refractivity (Wildman–Crippen MR) is 105 cm³/mol. The molecule has 11 heteroatoms. The molecule has 10 nitrogen and oxygen atoms in total. The molecule has 0 atom stereocenters. The highest BCUT2D eigenvalue weighted by molar-refractivity contribution is 7.99. The number of nitro groups is 1. The van der Waals surface area contributed by atoms with Gasteiger partial charge in [-0.1, -0.05) is 17.8 Å². The highest BCUT2D eigenvalue weighted by Crippen LogP contribution is 2.33. The van der Waals surface area contributed by atoms with Crippen molar-refractivity contribution in [3.8, 4) is 23.0 Å². The number of carbonyl (C=O) groups is 1. The van der Waals surface area contributed by atoms with Gasteiger partial charge in [0, 0.05) is 23.9 Å². The lowest BCUT2D eigenvalue weighted by atomic mass is 10.2. The summed E-state index contributed by atoms with van der Waals surface area (Å²) in [7, 11) is 3.07. The molecule has 0 aliphatic rings. The fourth-order valence-corrected chi connectivity index (χ4v) is 2.94. The van der Waals surface area contributed by atoms with Crippen molar-refractivity contribution in [2.75, 3.05) is 25.3 Å². The number of hydrogen-bond acceptors (Lipinski definition) is 9. The Morgan fingerprint density at radius 2 is 2.03 bits per heavy atom. The smallest absolute Gasteiger partial charge is 0.277 e. The molecule has 1 aromatic heterocycles. The van der Waals surface area contributed by atoms with Crippen LogP contribution in [0.25, 0.3) is 11.5 Å². The normalized spacial score (nSPS) is 10.4. The van der Waals surface area contributed by atoms with Gasteiger partial charge in [0.2, 0.25) is 5.91 Å². The Balaban J connectivity index is 1.63. The Morgan fingerprint density at radius 1 is 1.21 bits per heavy atom. The van der Waals surface area contributed by atoms with E-state index in [0.29, 0.717) is 22.7 Å². The third kappa shape index (κ3) is 5.02. The topological polar surface area (TPSA) is 130 Å². The average molecular weight is 416 g/mol. The molecule has 1 amide bonds.